The van der Waals surface area contributed by atoms with Crippen molar-refractivity contribution in [1.29, 1.82) is 10.5 Å². The first kappa shape index (κ1) is 28.8. The minimum absolute atomic E-state index is 0.0723. The molecule has 1 fully saturated rings. The Balaban J connectivity index is 1.53. The minimum Gasteiger partial charge on any atom is -0.383 e. The zero-order valence-electron chi connectivity index (χ0n) is 25.0. The third kappa shape index (κ3) is 5.11. The van der Waals surface area contributed by atoms with E-state index in [0.717, 1.165) is 10.9 Å². The molecule has 1 atom stereocenters. The lowest BCUT2D eigenvalue weighted by Crippen LogP contribution is -2.20. The molecule has 1 aliphatic rings. The molecule has 0 bridgehead atoms. The fraction of sp³-hybridized carbons (Fsp3) is 0.333. The molecular weight excluding hydrogens is 557 g/mol. The number of nitriles is 2. The lowest BCUT2D eigenvalue weighted by molar-refractivity contribution is 0.309. The maximum absolute atomic E-state index is 14.0. The molecule has 0 aliphatic heterocycles. The predicted octanol–water partition coefficient (Wildman–Crippen LogP) is 5.54. The van der Waals surface area contributed by atoms with E-state index >= 15 is 0 Å². The number of rotatable bonds is 8. The molecule has 2 N–H and O–H groups in total. The van der Waals surface area contributed by atoms with Crippen molar-refractivity contribution in [1.82, 2.24) is 24.5 Å². The zero-order valence-corrected chi connectivity index (χ0v) is 25.0. The average molecular weight is 590 g/mol. The van der Waals surface area contributed by atoms with Crippen LogP contribution in [0.2, 0.25) is 0 Å². The number of hydrogen-bond acceptors (Lipinski definition) is 8. The molecule has 222 valence electrons. The van der Waals surface area contributed by atoms with Crippen molar-refractivity contribution in [2.24, 2.45) is 12.5 Å². The molecule has 0 unspecified atom stereocenters. The van der Waals surface area contributed by atoms with Gasteiger partial charge in [0.2, 0.25) is 0 Å². The van der Waals surface area contributed by atoms with Gasteiger partial charge in [-0.05, 0) is 53.5 Å². The normalized spacial score (nSPS) is 14.6. The number of anilines is 2. The second kappa shape index (κ2) is 10.8. The van der Waals surface area contributed by atoms with Crippen LogP contribution in [0.3, 0.4) is 0 Å². The van der Waals surface area contributed by atoms with E-state index in [1.54, 1.807) is 36.3 Å². The second-order valence-electron chi connectivity index (χ2n) is 12.7. The van der Waals surface area contributed by atoms with Crippen LogP contribution < -0.4 is 16.2 Å². The zero-order chi connectivity index (χ0) is 31.2. The molecular formula is C33H32FN9O. The molecule has 3 aromatic heterocycles. The third-order valence-electron chi connectivity index (χ3n) is 8.15. The lowest BCUT2D eigenvalue weighted by atomic mass is 9.96. The number of aryl methyl sites for hydroxylation is 1. The fourth-order valence-corrected chi connectivity index (χ4v) is 5.44. The topological polar surface area (TPSA) is 137 Å². The fourth-order valence-electron chi connectivity index (χ4n) is 5.44. The van der Waals surface area contributed by atoms with Crippen molar-refractivity contribution in [2.45, 2.75) is 45.2 Å². The van der Waals surface area contributed by atoms with Gasteiger partial charge in [-0.25, -0.2) is 9.07 Å². The monoisotopic (exact) mass is 589 g/mol. The highest BCUT2D eigenvalue weighted by Gasteiger charge is 2.46. The van der Waals surface area contributed by atoms with Gasteiger partial charge in [-0.1, -0.05) is 38.1 Å². The number of hydrogen-bond donors (Lipinski definition) is 2. The molecule has 3 heterocycles. The highest BCUT2D eigenvalue weighted by Crippen LogP contribution is 2.44. The van der Waals surface area contributed by atoms with Crippen molar-refractivity contribution < 1.29 is 4.39 Å². The maximum atomic E-state index is 14.0. The van der Waals surface area contributed by atoms with Crippen LogP contribution in [0.5, 0.6) is 0 Å². The Bertz CT molecular complexity index is 2060. The number of nitrogens with one attached hydrogen (secondary N) is 2. The summed E-state index contributed by atoms with van der Waals surface area (Å²) < 4.78 is 17.1. The molecule has 1 saturated carbocycles. The number of halogens is 1. The summed E-state index contributed by atoms with van der Waals surface area (Å²) >= 11 is 0. The van der Waals surface area contributed by atoms with Gasteiger partial charge < -0.3 is 15.2 Å². The number of benzene rings is 2. The number of nitrogens with zero attached hydrogens (tertiary/aromatic N) is 7. The molecule has 10 nitrogen and oxygen atoms in total. The van der Waals surface area contributed by atoms with Crippen LogP contribution in [0.1, 0.15) is 62.0 Å². The molecule has 5 aromatic rings. The Hall–Kier alpha value is -5.29. The lowest BCUT2D eigenvalue weighted by Gasteiger charge is -2.23. The molecule has 44 heavy (non-hydrogen) atoms. The molecule has 2 aromatic carbocycles. The van der Waals surface area contributed by atoms with E-state index < -0.39 is 18.3 Å². The van der Waals surface area contributed by atoms with Gasteiger partial charge in [-0.2, -0.15) is 10.5 Å². The standard InChI is InChI=1S/C33H32FN9O/c1-32(2,3)19-38-29-21(15-36)16-37-28-20(14-35)12-22(13-26(28)29)39-30(27-17-43(41-40-27)33(18-34)9-10-33)24-6-5-7-25-23(24)8-11-42(4)31(25)44/h5-8,11-13,16-17,30,39H,9-10,18-19H2,1-4H3,(H,37,38)/t30-/m0/s1. The van der Waals surface area contributed by atoms with Crippen LogP contribution in [-0.2, 0) is 12.6 Å². The highest BCUT2D eigenvalue weighted by atomic mass is 19.1. The van der Waals surface area contributed by atoms with Gasteiger partial charge >= 0.3 is 0 Å². The van der Waals surface area contributed by atoms with Crippen molar-refractivity contribution in [3.8, 4) is 12.1 Å². The second-order valence-corrected chi connectivity index (χ2v) is 12.7. The Kier molecular flexibility index (Phi) is 7.05. The first-order chi connectivity index (χ1) is 21.1. The van der Waals surface area contributed by atoms with E-state index in [1.165, 1.54) is 10.8 Å². The van der Waals surface area contributed by atoms with Crippen LogP contribution in [0.15, 0.2) is 59.8 Å². The molecule has 6 rings (SSSR count). The quantitative estimate of drug-likeness (QED) is 0.241. The van der Waals surface area contributed by atoms with E-state index in [0.29, 0.717) is 63.9 Å². The molecule has 0 amide bonds. The Morgan fingerprint density at radius 3 is 2.55 bits per heavy atom. The summed E-state index contributed by atoms with van der Waals surface area (Å²) in [5.74, 6) is 0. The van der Waals surface area contributed by atoms with Gasteiger partial charge in [0.1, 0.15) is 24.5 Å². The maximum Gasteiger partial charge on any atom is 0.258 e. The van der Waals surface area contributed by atoms with Crippen molar-refractivity contribution in [3.05, 3.63) is 87.7 Å². The number of pyridine rings is 2. The first-order valence-corrected chi connectivity index (χ1v) is 14.4. The van der Waals surface area contributed by atoms with E-state index in [9.17, 15) is 19.7 Å². The summed E-state index contributed by atoms with van der Waals surface area (Å²) in [5, 5.41) is 37.6. The minimum atomic E-state index is -0.672. The Morgan fingerprint density at radius 1 is 1.09 bits per heavy atom. The number of aromatic nitrogens is 5. The highest BCUT2D eigenvalue weighted by molar-refractivity contribution is 5.99. The summed E-state index contributed by atoms with van der Waals surface area (Å²) in [6.45, 7) is 6.33. The van der Waals surface area contributed by atoms with Crippen molar-refractivity contribution in [2.75, 3.05) is 23.9 Å². The van der Waals surface area contributed by atoms with Crippen LogP contribution in [0.4, 0.5) is 15.8 Å². The molecule has 11 heteroatoms. The van der Waals surface area contributed by atoms with Crippen molar-refractivity contribution >= 4 is 33.1 Å². The van der Waals surface area contributed by atoms with Crippen LogP contribution in [0.25, 0.3) is 21.7 Å². The van der Waals surface area contributed by atoms with Gasteiger partial charge in [-0.15, -0.1) is 5.10 Å². The number of alkyl halides is 1. The van der Waals surface area contributed by atoms with E-state index in [2.05, 4.69) is 58.8 Å². The van der Waals surface area contributed by atoms with E-state index in [4.69, 9.17) is 0 Å². The van der Waals surface area contributed by atoms with Gasteiger partial charge in [0.25, 0.3) is 5.56 Å². The van der Waals surface area contributed by atoms with Crippen LogP contribution in [0, 0.1) is 28.1 Å². The van der Waals surface area contributed by atoms with Crippen LogP contribution >= 0.6 is 0 Å². The van der Waals surface area contributed by atoms with Gasteiger partial charge in [0, 0.05) is 42.4 Å². The third-order valence-corrected chi connectivity index (χ3v) is 8.15. The summed E-state index contributed by atoms with van der Waals surface area (Å²) in [6, 6.07) is 14.8. The van der Waals surface area contributed by atoms with E-state index in [1.807, 2.05) is 24.3 Å². The van der Waals surface area contributed by atoms with Crippen molar-refractivity contribution in [3.63, 3.8) is 0 Å². The van der Waals surface area contributed by atoms with E-state index in [-0.39, 0.29) is 11.0 Å². The predicted molar refractivity (Wildman–Crippen MR) is 167 cm³/mol. The largest absolute Gasteiger partial charge is 0.383 e. The molecule has 1 aliphatic carbocycles. The average Bonchev–Trinajstić information content (AvgIpc) is 3.66. The molecule has 0 spiro atoms. The Morgan fingerprint density at radius 2 is 1.86 bits per heavy atom. The van der Waals surface area contributed by atoms with Crippen LogP contribution in [-0.4, -0.2) is 37.8 Å². The van der Waals surface area contributed by atoms with Gasteiger partial charge in [0.05, 0.1) is 40.1 Å². The molecule has 0 radical (unpaired) electrons. The van der Waals surface area contributed by atoms with Gasteiger partial charge in [0.15, 0.2) is 0 Å². The summed E-state index contributed by atoms with van der Waals surface area (Å²) in [5.41, 5.74) is 2.78. The molecule has 0 saturated heterocycles. The summed E-state index contributed by atoms with van der Waals surface area (Å²) in [7, 11) is 1.70. The Labute approximate surface area is 253 Å². The van der Waals surface area contributed by atoms with Gasteiger partial charge in [-0.3, -0.25) is 9.78 Å². The number of fused-ring (bicyclic) bond motifs is 2. The smallest absolute Gasteiger partial charge is 0.258 e. The first-order valence-electron chi connectivity index (χ1n) is 14.4. The SMILES string of the molecule is Cn1ccc2c([C@H](Nc3cc(C#N)c4ncc(C#N)c(NCC(C)(C)C)c4c3)c3cn(C4(CF)CC4)nn3)cccc2c1=O. The summed E-state index contributed by atoms with van der Waals surface area (Å²) in [6.07, 6.45) is 6.32. The summed E-state index contributed by atoms with van der Waals surface area (Å²) in [4.78, 5) is 17.5.